The topological polar surface area (TPSA) is 57.2 Å². The van der Waals surface area contributed by atoms with Gasteiger partial charge in [-0.3, -0.25) is 4.79 Å². The SMILES string of the molecule is COc1ccc(C(=O)N2CCC(Cc3ccc(OC)c(OC4CCCC4)c3)CC2)cc1OC. The Hall–Kier alpha value is -2.89. The van der Waals surface area contributed by atoms with Crippen molar-refractivity contribution in [2.45, 2.75) is 51.0 Å². The second kappa shape index (κ2) is 10.8. The normalized spacial score (nSPS) is 17.1. The Bertz CT molecular complexity index is 946. The van der Waals surface area contributed by atoms with Gasteiger partial charge in [0.2, 0.25) is 0 Å². The van der Waals surface area contributed by atoms with E-state index in [9.17, 15) is 4.79 Å². The van der Waals surface area contributed by atoms with Gasteiger partial charge < -0.3 is 23.8 Å². The summed E-state index contributed by atoms with van der Waals surface area (Å²) in [5.74, 6) is 3.47. The lowest BCUT2D eigenvalue weighted by Crippen LogP contribution is -2.38. The Kier molecular flexibility index (Phi) is 7.63. The number of carbonyl (C=O) groups excluding carboxylic acids is 1. The minimum Gasteiger partial charge on any atom is -0.493 e. The molecule has 0 atom stereocenters. The minimum absolute atomic E-state index is 0.0473. The van der Waals surface area contributed by atoms with Crippen molar-refractivity contribution in [1.29, 1.82) is 0 Å². The van der Waals surface area contributed by atoms with Crippen molar-refractivity contribution in [2.75, 3.05) is 34.4 Å². The molecule has 4 rings (SSSR count). The highest BCUT2D eigenvalue weighted by Gasteiger charge is 2.25. The lowest BCUT2D eigenvalue weighted by molar-refractivity contribution is 0.0690. The van der Waals surface area contributed by atoms with Crippen molar-refractivity contribution in [3.8, 4) is 23.0 Å². The van der Waals surface area contributed by atoms with E-state index in [-0.39, 0.29) is 5.91 Å². The number of methoxy groups -OCH3 is 3. The lowest BCUT2D eigenvalue weighted by atomic mass is 9.90. The van der Waals surface area contributed by atoms with Crippen molar-refractivity contribution < 1.29 is 23.7 Å². The molecule has 1 amide bonds. The zero-order valence-corrected chi connectivity index (χ0v) is 20.0. The summed E-state index contributed by atoms with van der Waals surface area (Å²) < 4.78 is 22.4. The quantitative estimate of drug-likeness (QED) is 0.555. The van der Waals surface area contributed by atoms with Crippen LogP contribution in [0, 0.1) is 5.92 Å². The van der Waals surface area contributed by atoms with E-state index < -0.39 is 0 Å². The zero-order chi connectivity index (χ0) is 23.2. The van der Waals surface area contributed by atoms with Gasteiger partial charge in [-0.05, 0) is 86.8 Å². The van der Waals surface area contributed by atoms with E-state index in [2.05, 4.69) is 12.1 Å². The second-order valence-corrected chi connectivity index (χ2v) is 9.02. The van der Waals surface area contributed by atoms with E-state index >= 15 is 0 Å². The van der Waals surface area contributed by atoms with Crippen LogP contribution in [-0.4, -0.2) is 51.3 Å². The van der Waals surface area contributed by atoms with Crippen LogP contribution in [0.15, 0.2) is 36.4 Å². The summed E-state index contributed by atoms with van der Waals surface area (Å²) in [6, 6.07) is 11.7. The summed E-state index contributed by atoms with van der Waals surface area (Å²) in [6.45, 7) is 1.53. The first kappa shape index (κ1) is 23.3. The summed E-state index contributed by atoms with van der Waals surface area (Å²) in [6.07, 6.45) is 8.01. The van der Waals surface area contributed by atoms with Gasteiger partial charge in [0.15, 0.2) is 23.0 Å². The maximum atomic E-state index is 13.0. The van der Waals surface area contributed by atoms with Crippen LogP contribution in [0.4, 0.5) is 0 Å². The van der Waals surface area contributed by atoms with Crippen LogP contribution >= 0.6 is 0 Å². The monoisotopic (exact) mass is 453 g/mol. The predicted molar refractivity (Wildman–Crippen MR) is 128 cm³/mol. The van der Waals surface area contributed by atoms with Crippen LogP contribution in [0.2, 0.25) is 0 Å². The van der Waals surface area contributed by atoms with Gasteiger partial charge in [0.1, 0.15) is 0 Å². The van der Waals surface area contributed by atoms with Crippen molar-refractivity contribution in [3.63, 3.8) is 0 Å². The number of hydrogen-bond donors (Lipinski definition) is 0. The molecule has 2 aliphatic rings. The Labute approximate surface area is 196 Å². The number of hydrogen-bond acceptors (Lipinski definition) is 5. The molecule has 2 aromatic rings. The zero-order valence-electron chi connectivity index (χ0n) is 20.0. The fourth-order valence-corrected chi connectivity index (χ4v) is 4.95. The molecule has 0 radical (unpaired) electrons. The molecule has 1 aliphatic heterocycles. The second-order valence-electron chi connectivity index (χ2n) is 9.02. The van der Waals surface area contributed by atoms with Crippen LogP contribution in [0.1, 0.15) is 54.4 Å². The van der Waals surface area contributed by atoms with E-state index in [0.717, 1.165) is 56.7 Å². The molecule has 2 fully saturated rings. The Morgan fingerprint density at radius 2 is 1.45 bits per heavy atom. The largest absolute Gasteiger partial charge is 0.493 e. The molecule has 0 bridgehead atoms. The molecule has 0 unspecified atom stereocenters. The van der Waals surface area contributed by atoms with Crippen LogP contribution in [0.25, 0.3) is 0 Å². The Morgan fingerprint density at radius 1 is 0.818 bits per heavy atom. The van der Waals surface area contributed by atoms with Gasteiger partial charge in [0.05, 0.1) is 27.4 Å². The molecule has 6 nitrogen and oxygen atoms in total. The molecular weight excluding hydrogens is 418 g/mol. The van der Waals surface area contributed by atoms with Gasteiger partial charge in [-0.25, -0.2) is 0 Å². The highest BCUT2D eigenvalue weighted by atomic mass is 16.5. The minimum atomic E-state index is 0.0473. The van der Waals surface area contributed by atoms with Gasteiger partial charge in [-0.2, -0.15) is 0 Å². The van der Waals surface area contributed by atoms with Crippen LogP contribution in [-0.2, 0) is 6.42 Å². The van der Waals surface area contributed by atoms with Crippen molar-refractivity contribution in [1.82, 2.24) is 4.90 Å². The molecule has 178 valence electrons. The van der Waals surface area contributed by atoms with E-state index in [1.807, 2.05) is 11.0 Å². The molecule has 0 aromatic heterocycles. The number of rotatable bonds is 8. The maximum absolute atomic E-state index is 13.0. The summed E-state index contributed by atoms with van der Waals surface area (Å²) in [5, 5.41) is 0. The predicted octanol–water partition coefficient (Wildman–Crippen LogP) is 5.13. The molecule has 2 aromatic carbocycles. The van der Waals surface area contributed by atoms with Crippen molar-refractivity contribution in [2.24, 2.45) is 5.92 Å². The standard InChI is InChI=1S/C27H35NO5/c1-30-23-11-9-21(18-25(23)32-3)27(29)28-14-12-19(13-15-28)16-20-8-10-24(31-2)26(17-20)33-22-6-4-5-7-22/h8-11,17-19,22H,4-7,12-16H2,1-3H3. The average molecular weight is 454 g/mol. The van der Waals surface area contributed by atoms with Crippen molar-refractivity contribution >= 4 is 5.91 Å². The fraction of sp³-hybridized carbons (Fsp3) is 0.519. The third kappa shape index (κ3) is 5.55. The van der Waals surface area contributed by atoms with Gasteiger partial charge in [-0.15, -0.1) is 0 Å². The van der Waals surface area contributed by atoms with Gasteiger partial charge >= 0.3 is 0 Å². The maximum Gasteiger partial charge on any atom is 0.253 e. The molecule has 6 heteroatoms. The first-order valence-electron chi connectivity index (χ1n) is 12.0. The summed E-state index contributed by atoms with van der Waals surface area (Å²) in [7, 11) is 4.87. The third-order valence-corrected chi connectivity index (χ3v) is 6.88. The molecule has 0 spiro atoms. The number of likely N-dealkylation sites (tertiary alicyclic amines) is 1. The first-order chi connectivity index (χ1) is 16.1. The summed E-state index contributed by atoms with van der Waals surface area (Å²) in [4.78, 5) is 15.0. The molecule has 33 heavy (non-hydrogen) atoms. The van der Waals surface area contributed by atoms with E-state index in [4.69, 9.17) is 18.9 Å². The highest BCUT2D eigenvalue weighted by molar-refractivity contribution is 5.95. The number of amides is 1. The van der Waals surface area contributed by atoms with Crippen LogP contribution in [0.3, 0.4) is 0 Å². The third-order valence-electron chi connectivity index (χ3n) is 6.88. The van der Waals surface area contributed by atoms with Crippen molar-refractivity contribution in [3.05, 3.63) is 47.5 Å². The van der Waals surface area contributed by atoms with Crippen LogP contribution < -0.4 is 18.9 Å². The average Bonchev–Trinajstić information content (AvgIpc) is 3.37. The van der Waals surface area contributed by atoms with E-state index in [1.54, 1.807) is 39.5 Å². The molecule has 1 saturated heterocycles. The van der Waals surface area contributed by atoms with E-state index in [0.29, 0.717) is 29.1 Å². The smallest absolute Gasteiger partial charge is 0.253 e. The molecule has 1 aliphatic carbocycles. The number of piperidine rings is 1. The summed E-state index contributed by atoms with van der Waals surface area (Å²) in [5.41, 5.74) is 1.91. The Morgan fingerprint density at radius 3 is 2.12 bits per heavy atom. The fourth-order valence-electron chi connectivity index (χ4n) is 4.95. The van der Waals surface area contributed by atoms with Gasteiger partial charge in [0, 0.05) is 18.7 Å². The first-order valence-corrected chi connectivity index (χ1v) is 12.0. The molecule has 1 saturated carbocycles. The number of ether oxygens (including phenoxy) is 4. The van der Waals surface area contributed by atoms with E-state index in [1.165, 1.54) is 18.4 Å². The van der Waals surface area contributed by atoms with Gasteiger partial charge in [-0.1, -0.05) is 6.07 Å². The molecular formula is C27H35NO5. The van der Waals surface area contributed by atoms with Gasteiger partial charge in [0.25, 0.3) is 5.91 Å². The molecule has 1 heterocycles. The molecule has 0 N–H and O–H groups in total. The summed E-state index contributed by atoms with van der Waals surface area (Å²) >= 11 is 0. The lowest BCUT2D eigenvalue weighted by Gasteiger charge is -2.32. The number of benzene rings is 2. The highest BCUT2D eigenvalue weighted by Crippen LogP contribution is 2.34. The van der Waals surface area contributed by atoms with Crippen LogP contribution in [0.5, 0.6) is 23.0 Å². The number of nitrogens with zero attached hydrogens (tertiary/aromatic N) is 1. The number of carbonyl (C=O) groups is 1. The Balaban J connectivity index is 1.35.